The molecule has 0 aliphatic heterocycles. The minimum absolute atomic E-state index is 0.108. The van der Waals surface area contributed by atoms with Crippen LogP contribution < -0.4 is 5.32 Å². The summed E-state index contributed by atoms with van der Waals surface area (Å²) in [7, 11) is 2.45. The smallest absolute Gasteiger partial charge is 0.337 e. The highest BCUT2D eigenvalue weighted by Crippen LogP contribution is 2.20. The van der Waals surface area contributed by atoms with Gasteiger partial charge < -0.3 is 14.8 Å². The largest absolute Gasteiger partial charge is 0.465 e. The lowest BCUT2D eigenvalue weighted by molar-refractivity contribution is 0.0599. The molecule has 8 nitrogen and oxygen atoms in total. The number of rotatable bonds is 4. The Morgan fingerprint density at radius 2 is 1.23 bits per heavy atom. The molecule has 4 aromatic rings. The number of aromatic nitrogens is 2. The van der Waals surface area contributed by atoms with E-state index in [1.54, 1.807) is 18.2 Å². The summed E-state index contributed by atoms with van der Waals surface area (Å²) in [6, 6.07) is 16.6. The molecule has 1 aromatic heterocycles. The molecule has 154 valence electrons. The zero-order chi connectivity index (χ0) is 22.0. The van der Waals surface area contributed by atoms with E-state index in [1.165, 1.54) is 32.4 Å². The number of ether oxygens (including phenoxy) is 2. The Morgan fingerprint density at radius 1 is 0.677 bits per heavy atom. The van der Waals surface area contributed by atoms with E-state index < -0.39 is 17.8 Å². The Hall–Kier alpha value is -4.33. The van der Waals surface area contributed by atoms with Gasteiger partial charge in [0.15, 0.2) is 0 Å². The van der Waals surface area contributed by atoms with Crippen LogP contribution >= 0.6 is 0 Å². The first kappa shape index (κ1) is 20.0. The van der Waals surface area contributed by atoms with E-state index in [2.05, 4.69) is 15.3 Å². The van der Waals surface area contributed by atoms with Crippen LogP contribution in [0.1, 0.15) is 31.1 Å². The van der Waals surface area contributed by atoms with Crippen molar-refractivity contribution < 1.29 is 23.9 Å². The number of carbonyl (C=O) groups is 3. The Bertz CT molecular complexity index is 1320. The lowest BCUT2D eigenvalue weighted by atomic mass is 10.1. The van der Waals surface area contributed by atoms with Crippen LogP contribution in [0.3, 0.4) is 0 Å². The summed E-state index contributed by atoms with van der Waals surface area (Å²) in [6.45, 7) is 0. The predicted octanol–water partition coefficient (Wildman–Crippen LogP) is 3.61. The summed E-state index contributed by atoms with van der Waals surface area (Å²) in [5.41, 5.74) is 3.54. The minimum Gasteiger partial charge on any atom is -0.465 e. The molecule has 1 N–H and O–H groups in total. The van der Waals surface area contributed by atoms with Gasteiger partial charge in [0.2, 0.25) is 0 Å². The molecule has 0 saturated carbocycles. The quantitative estimate of drug-likeness (QED) is 0.401. The first-order valence-electron chi connectivity index (χ1n) is 9.28. The molecule has 0 fully saturated rings. The van der Waals surface area contributed by atoms with Crippen molar-refractivity contribution in [1.29, 1.82) is 0 Å². The molecule has 8 heteroatoms. The number of methoxy groups -OCH3 is 2. The van der Waals surface area contributed by atoms with Crippen LogP contribution in [-0.2, 0) is 9.47 Å². The second-order valence-corrected chi connectivity index (χ2v) is 6.65. The van der Waals surface area contributed by atoms with Crippen molar-refractivity contribution >= 4 is 45.6 Å². The van der Waals surface area contributed by atoms with Gasteiger partial charge in [-0.3, -0.25) is 4.79 Å². The fourth-order valence-corrected chi connectivity index (χ4v) is 3.14. The van der Waals surface area contributed by atoms with Gasteiger partial charge in [-0.05, 0) is 48.5 Å². The summed E-state index contributed by atoms with van der Waals surface area (Å²) in [5, 5.41) is 2.70. The molecule has 0 saturated heterocycles. The van der Waals surface area contributed by atoms with Crippen molar-refractivity contribution in [2.75, 3.05) is 19.5 Å². The van der Waals surface area contributed by atoms with Crippen molar-refractivity contribution in [2.24, 2.45) is 0 Å². The molecule has 0 radical (unpaired) electrons. The number of amides is 1. The molecule has 1 amide bonds. The van der Waals surface area contributed by atoms with E-state index in [-0.39, 0.29) is 16.8 Å². The number of fused-ring (bicyclic) bond motifs is 2. The third-order valence-electron chi connectivity index (χ3n) is 4.63. The zero-order valence-electron chi connectivity index (χ0n) is 16.7. The molecule has 0 bridgehead atoms. The fraction of sp³-hybridized carbons (Fsp3) is 0.0870. The number of hydrogen-bond acceptors (Lipinski definition) is 7. The topological polar surface area (TPSA) is 107 Å². The van der Waals surface area contributed by atoms with Crippen molar-refractivity contribution in [2.45, 2.75) is 0 Å². The van der Waals surface area contributed by atoms with Crippen LogP contribution in [0.15, 0.2) is 60.7 Å². The molecule has 1 heterocycles. The van der Waals surface area contributed by atoms with Crippen LogP contribution in [0.25, 0.3) is 22.1 Å². The van der Waals surface area contributed by atoms with Gasteiger partial charge in [0, 0.05) is 11.3 Å². The number of nitrogens with zero attached hydrogens (tertiary/aromatic N) is 2. The Kier molecular flexibility index (Phi) is 5.28. The predicted molar refractivity (Wildman–Crippen MR) is 114 cm³/mol. The summed E-state index contributed by atoms with van der Waals surface area (Å²) in [4.78, 5) is 45.8. The maximum Gasteiger partial charge on any atom is 0.337 e. The highest BCUT2D eigenvalue weighted by atomic mass is 16.5. The third-order valence-corrected chi connectivity index (χ3v) is 4.63. The maximum atomic E-state index is 12.8. The van der Waals surface area contributed by atoms with Crippen molar-refractivity contribution in [3.05, 3.63) is 77.4 Å². The standard InChI is InChI=1S/C23H17N3O5/c1-30-22(28)14-9-15(23(29)31-2)11-16(10-14)24-21(27)13-7-8-19-20(12-13)26-18-6-4-3-5-17(18)25-19/h3-12H,1-2H3,(H,24,27). The molecule has 0 aliphatic rings. The molecule has 4 rings (SSSR count). The van der Waals surface area contributed by atoms with Crippen LogP contribution in [0.4, 0.5) is 5.69 Å². The molecule has 3 aromatic carbocycles. The Balaban J connectivity index is 1.68. The summed E-state index contributed by atoms with van der Waals surface area (Å²) in [5.74, 6) is -1.72. The zero-order valence-corrected chi connectivity index (χ0v) is 16.7. The number of benzene rings is 3. The van der Waals surface area contributed by atoms with Crippen LogP contribution in [0.5, 0.6) is 0 Å². The summed E-state index contributed by atoms with van der Waals surface area (Å²) < 4.78 is 9.43. The van der Waals surface area contributed by atoms with Crippen LogP contribution in [0, 0.1) is 0 Å². The van der Waals surface area contributed by atoms with Gasteiger partial charge in [-0.1, -0.05) is 12.1 Å². The van der Waals surface area contributed by atoms with Crippen molar-refractivity contribution in [3.8, 4) is 0 Å². The molecular formula is C23H17N3O5. The highest BCUT2D eigenvalue weighted by molar-refractivity contribution is 6.07. The fourth-order valence-electron chi connectivity index (χ4n) is 3.14. The minimum atomic E-state index is -0.644. The van der Waals surface area contributed by atoms with Gasteiger partial charge in [0.05, 0.1) is 47.4 Å². The highest BCUT2D eigenvalue weighted by Gasteiger charge is 2.16. The second kappa shape index (κ2) is 8.19. The summed E-state index contributed by atoms with van der Waals surface area (Å²) in [6.07, 6.45) is 0. The third kappa shape index (κ3) is 4.04. The first-order chi connectivity index (χ1) is 15.0. The Morgan fingerprint density at radius 3 is 1.81 bits per heavy atom. The van der Waals surface area contributed by atoms with Gasteiger partial charge in [0.25, 0.3) is 5.91 Å². The number of nitrogens with one attached hydrogen (secondary N) is 1. The van der Waals surface area contributed by atoms with E-state index in [4.69, 9.17) is 9.47 Å². The number of hydrogen-bond donors (Lipinski definition) is 1. The van der Waals surface area contributed by atoms with Gasteiger partial charge >= 0.3 is 11.9 Å². The Labute approximate surface area is 176 Å². The van der Waals surface area contributed by atoms with E-state index in [9.17, 15) is 14.4 Å². The molecule has 0 atom stereocenters. The molecule has 0 unspecified atom stereocenters. The average molecular weight is 415 g/mol. The van der Waals surface area contributed by atoms with E-state index in [0.717, 1.165) is 11.0 Å². The SMILES string of the molecule is COC(=O)c1cc(NC(=O)c2ccc3nc4ccccc4nc3c2)cc(C(=O)OC)c1. The van der Waals surface area contributed by atoms with Gasteiger partial charge in [-0.15, -0.1) is 0 Å². The molecule has 0 aliphatic carbocycles. The number of para-hydroxylation sites is 2. The van der Waals surface area contributed by atoms with Gasteiger partial charge in [-0.2, -0.15) is 0 Å². The normalized spacial score (nSPS) is 10.6. The molecule has 0 spiro atoms. The lowest BCUT2D eigenvalue weighted by Crippen LogP contribution is -2.14. The average Bonchev–Trinajstić information content (AvgIpc) is 2.80. The van der Waals surface area contributed by atoms with Crippen LogP contribution in [-0.4, -0.2) is 42.0 Å². The monoisotopic (exact) mass is 415 g/mol. The van der Waals surface area contributed by atoms with Crippen molar-refractivity contribution in [3.63, 3.8) is 0 Å². The van der Waals surface area contributed by atoms with E-state index in [1.807, 2.05) is 24.3 Å². The molecular weight excluding hydrogens is 398 g/mol. The number of anilines is 1. The lowest BCUT2D eigenvalue weighted by Gasteiger charge is -2.10. The number of esters is 2. The molecule has 31 heavy (non-hydrogen) atoms. The second-order valence-electron chi connectivity index (χ2n) is 6.65. The van der Waals surface area contributed by atoms with E-state index >= 15 is 0 Å². The van der Waals surface area contributed by atoms with Gasteiger partial charge in [-0.25, -0.2) is 19.6 Å². The van der Waals surface area contributed by atoms with Gasteiger partial charge in [0.1, 0.15) is 0 Å². The number of carbonyl (C=O) groups excluding carboxylic acids is 3. The van der Waals surface area contributed by atoms with E-state index in [0.29, 0.717) is 16.6 Å². The van der Waals surface area contributed by atoms with Crippen molar-refractivity contribution in [1.82, 2.24) is 9.97 Å². The maximum absolute atomic E-state index is 12.8. The summed E-state index contributed by atoms with van der Waals surface area (Å²) >= 11 is 0. The first-order valence-corrected chi connectivity index (χ1v) is 9.28. The van der Waals surface area contributed by atoms with Crippen LogP contribution in [0.2, 0.25) is 0 Å².